The van der Waals surface area contributed by atoms with Crippen molar-refractivity contribution in [2.24, 2.45) is 0 Å². The molecular weight excluding hydrogens is 338 g/mol. The zero-order valence-corrected chi connectivity index (χ0v) is 13.8. The number of pyridine rings is 2. The van der Waals surface area contributed by atoms with Crippen molar-refractivity contribution in [3.05, 3.63) is 86.9 Å². The summed E-state index contributed by atoms with van der Waals surface area (Å²) < 4.78 is 0. The zero-order valence-electron chi connectivity index (χ0n) is 13.8. The quantitative estimate of drug-likeness (QED) is 0.646. The first kappa shape index (κ1) is 17.2. The van der Waals surface area contributed by atoms with E-state index in [0.29, 0.717) is 11.5 Å². The first-order valence-corrected chi connectivity index (χ1v) is 7.74. The molecule has 9 heteroatoms. The van der Waals surface area contributed by atoms with Crippen LogP contribution in [0.1, 0.15) is 12.6 Å². The number of aromatic nitrogens is 2. The summed E-state index contributed by atoms with van der Waals surface area (Å²) in [6.45, 7) is 1.95. The van der Waals surface area contributed by atoms with Crippen LogP contribution in [0.3, 0.4) is 0 Å². The van der Waals surface area contributed by atoms with Crippen LogP contribution >= 0.6 is 0 Å². The topological polar surface area (TPSA) is 124 Å². The van der Waals surface area contributed by atoms with Gasteiger partial charge in [0, 0.05) is 12.1 Å². The Bertz CT molecular complexity index is 892. The van der Waals surface area contributed by atoms with Crippen molar-refractivity contribution in [2.75, 3.05) is 5.32 Å². The molecule has 2 heterocycles. The molecule has 2 atom stereocenters. The summed E-state index contributed by atoms with van der Waals surface area (Å²) in [7, 11) is 0. The highest BCUT2D eigenvalue weighted by Crippen LogP contribution is 2.33. The van der Waals surface area contributed by atoms with E-state index in [0.717, 1.165) is 0 Å². The van der Waals surface area contributed by atoms with E-state index in [-0.39, 0.29) is 17.4 Å². The highest BCUT2D eigenvalue weighted by molar-refractivity contribution is 5.47. The average molecular weight is 353 g/mol. The minimum Gasteiger partial charge on any atom is -0.363 e. The molecule has 0 fully saturated rings. The summed E-state index contributed by atoms with van der Waals surface area (Å²) in [6, 6.07) is 5.71. The van der Waals surface area contributed by atoms with Crippen molar-refractivity contribution in [1.82, 2.24) is 9.97 Å². The summed E-state index contributed by atoms with van der Waals surface area (Å²) >= 11 is 0. The van der Waals surface area contributed by atoms with Crippen LogP contribution in [0.2, 0.25) is 0 Å². The van der Waals surface area contributed by atoms with Gasteiger partial charge in [0.15, 0.2) is 0 Å². The van der Waals surface area contributed by atoms with Crippen molar-refractivity contribution >= 4 is 17.2 Å². The molecule has 2 unspecified atom stereocenters. The second-order valence-corrected chi connectivity index (χ2v) is 5.97. The van der Waals surface area contributed by atoms with Gasteiger partial charge >= 0.3 is 0 Å². The molecule has 9 nitrogen and oxygen atoms in total. The fourth-order valence-electron chi connectivity index (χ4n) is 2.73. The van der Waals surface area contributed by atoms with E-state index in [1.54, 1.807) is 6.07 Å². The van der Waals surface area contributed by atoms with E-state index in [9.17, 15) is 20.2 Å². The Morgan fingerprint density at radius 2 is 1.65 bits per heavy atom. The third-order valence-corrected chi connectivity index (χ3v) is 4.28. The highest BCUT2D eigenvalue weighted by Gasteiger charge is 2.35. The molecule has 1 aliphatic rings. The van der Waals surface area contributed by atoms with E-state index in [2.05, 4.69) is 15.3 Å². The Morgan fingerprint density at radius 3 is 2.19 bits per heavy atom. The first-order chi connectivity index (χ1) is 12.4. The summed E-state index contributed by atoms with van der Waals surface area (Å²) in [6.07, 6.45) is 10.0. The van der Waals surface area contributed by atoms with Gasteiger partial charge in [0.2, 0.25) is 0 Å². The SMILES string of the molecule is CC1(c2ccc([N+](=O)[O-])cn2)C=CC=CC1Nc1ccc([N+](=O)[O-])cn1. The normalized spacial score (nSPS) is 21.3. The minimum absolute atomic E-state index is 0.0748. The third kappa shape index (κ3) is 3.27. The maximum atomic E-state index is 10.8. The molecule has 1 N–H and O–H groups in total. The monoisotopic (exact) mass is 353 g/mol. The molecule has 0 amide bonds. The molecule has 0 spiro atoms. The van der Waals surface area contributed by atoms with Gasteiger partial charge in [0.25, 0.3) is 11.4 Å². The lowest BCUT2D eigenvalue weighted by atomic mass is 9.76. The summed E-state index contributed by atoms with van der Waals surface area (Å²) in [5, 5.41) is 24.8. The van der Waals surface area contributed by atoms with Gasteiger partial charge < -0.3 is 5.32 Å². The average Bonchev–Trinajstić information content (AvgIpc) is 2.64. The van der Waals surface area contributed by atoms with Crippen LogP contribution < -0.4 is 5.32 Å². The molecule has 2 aromatic rings. The van der Waals surface area contributed by atoms with Crippen LogP contribution in [0.4, 0.5) is 17.2 Å². The van der Waals surface area contributed by atoms with Gasteiger partial charge in [-0.3, -0.25) is 25.2 Å². The Hall–Kier alpha value is -3.62. The zero-order chi connectivity index (χ0) is 18.7. The van der Waals surface area contributed by atoms with Crippen LogP contribution in [-0.4, -0.2) is 25.9 Å². The van der Waals surface area contributed by atoms with E-state index in [1.807, 2.05) is 31.2 Å². The molecule has 0 aliphatic heterocycles. The smallest absolute Gasteiger partial charge is 0.287 e. The summed E-state index contributed by atoms with van der Waals surface area (Å²) in [5.74, 6) is 0.480. The summed E-state index contributed by atoms with van der Waals surface area (Å²) in [5.41, 5.74) is -0.0837. The summed E-state index contributed by atoms with van der Waals surface area (Å²) in [4.78, 5) is 28.9. The van der Waals surface area contributed by atoms with Crippen LogP contribution in [0.15, 0.2) is 61.0 Å². The minimum atomic E-state index is -0.576. The maximum absolute atomic E-state index is 10.8. The van der Waals surface area contributed by atoms with E-state index >= 15 is 0 Å². The lowest BCUT2D eigenvalue weighted by Gasteiger charge is -2.35. The Balaban J connectivity index is 1.87. The molecule has 2 aromatic heterocycles. The third-order valence-electron chi connectivity index (χ3n) is 4.28. The lowest BCUT2D eigenvalue weighted by Crippen LogP contribution is -2.41. The fraction of sp³-hybridized carbons (Fsp3) is 0.176. The molecule has 0 saturated carbocycles. The van der Waals surface area contributed by atoms with Crippen LogP contribution in [0.25, 0.3) is 0 Å². The Kier molecular flexibility index (Phi) is 4.44. The number of nitrogens with zero attached hydrogens (tertiary/aromatic N) is 4. The molecule has 0 radical (unpaired) electrons. The van der Waals surface area contributed by atoms with Gasteiger partial charge in [-0.25, -0.2) is 4.98 Å². The van der Waals surface area contributed by atoms with Crippen molar-refractivity contribution in [2.45, 2.75) is 18.4 Å². The molecule has 0 aromatic carbocycles. The lowest BCUT2D eigenvalue weighted by molar-refractivity contribution is -0.385. The van der Waals surface area contributed by atoms with E-state index < -0.39 is 15.3 Å². The maximum Gasteiger partial charge on any atom is 0.287 e. The number of hydrogen-bond acceptors (Lipinski definition) is 7. The van der Waals surface area contributed by atoms with Crippen molar-refractivity contribution in [3.63, 3.8) is 0 Å². The van der Waals surface area contributed by atoms with Gasteiger partial charge in [0.1, 0.15) is 18.2 Å². The molecule has 1 aliphatic carbocycles. The predicted octanol–water partition coefficient (Wildman–Crippen LogP) is 3.16. The van der Waals surface area contributed by atoms with Crippen molar-refractivity contribution < 1.29 is 9.85 Å². The number of rotatable bonds is 5. The van der Waals surface area contributed by atoms with Gasteiger partial charge in [-0.15, -0.1) is 0 Å². The molecule has 0 bridgehead atoms. The van der Waals surface area contributed by atoms with Crippen molar-refractivity contribution in [3.8, 4) is 0 Å². The molecule has 0 saturated heterocycles. The van der Waals surface area contributed by atoms with Gasteiger partial charge in [-0.1, -0.05) is 24.3 Å². The number of nitrogens with one attached hydrogen (secondary N) is 1. The van der Waals surface area contributed by atoms with Crippen molar-refractivity contribution in [1.29, 1.82) is 0 Å². The van der Waals surface area contributed by atoms with Crippen LogP contribution in [-0.2, 0) is 5.41 Å². The second-order valence-electron chi connectivity index (χ2n) is 5.97. The van der Waals surface area contributed by atoms with Gasteiger partial charge in [-0.2, -0.15) is 0 Å². The predicted molar refractivity (Wildman–Crippen MR) is 94.8 cm³/mol. The number of hydrogen-bond donors (Lipinski definition) is 1. The van der Waals surface area contributed by atoms with Crippen LogP contribution in [0.5, 0.6) is 0 Å². The fourth-order valence-corrected chi connectivity index (χ4v) is 2.73. The van der Waals surface area contributed by atoms with E-state index in [1.165, 1.54) is 30.6 Å². The molecule has 132 valence electrons. The van der Waals surface area contributed by atoms with Gasteiger partial charge in [0.05, 0.1) is 27.0 Å². The number of nitro groups is 2. The molecule has 26 heavy (non-hydrogen) atoms. The molecule has 3 rings (SSSR count). The highest BCUT2D eigenvalue weighted by atomic mass is 16.6. The molecular formula is C17H15N5O4. The largest absolute Gasteiger partial charge is 0.363 e. The Morgan fingerprint density at radius 1 is 1.00 bits per heavy atom. The number of allylic oxidation sites excluding steroid dienone is 2. The standard InChI is InChI=1S/C17H15N5O4/c1-17(14-7-5-12(10-18-14)21(23)24)9-3-2-4-15(17)20-16-8-6-13(11-19-16)22(25)26/h2-11,15H,1H3,(H,19,20). The van der Waals surface area contributed by atoms with Gasteiger partial charge in [-0.05, 0) is 19.1 Å². The second kappa shape index (κ2) is 6.71. The van der Waals surface area contributed by atoms with Crippen LogP contribution in [0, 0.1) is 20.2 Å². The van der Waals surface area contributed by atoms with E-state index in [4.69, 9.17) is 0 Å². The Labute approximate surface area is 148 Å². The first-order valence-electron chi connectivity index (χ1n) is 7.74. The number of anilines is 1.